The van der Waals surface area contributed by atoms with Crippen molar-refractivity contribution in [1.82, 2.24) is 14.8 Å². The van der Waals surface area contributed by atoms with Gasteiger partial charge in [0.1, 0.15) is 11.8 Å². The molecule has 6 nitrogen and oxygen atoms in total. The number of benzene rings is 1. The number of pyridine rings is 1. The molecule has 0 bridgehead atoms. The van der Waals surface area contributed by atoms with E-state index in [9.17, 15) is 14.7 Å². The first-order valence-electron chi connectivity index (χ1n) is 9.65. The van der Waals surface area contributed by atoms with E-state index >= 15 is 0 Å². The van der Waals surface area contributed by atoms with Crippen LogP contribution in [0, 0.1) is 0 Å². The minimum Gasteiger partial charge on any atom is -0.507 e. The molecule has 1 amide bonds. The molecule has 1 saturated heterocycles. The Hall–Kier alpha value is -2.70. The third kappa shape index (κ3) is 4.33. The van der Waals surface area contributed by atoms with Crippen LogP contribution in [0.5, 0.6) is 0 Å². The number of nitrogens with zero attached hydrogens (tertiary/aromatic N) is 3. The van der Waals surface area contributed by atoms with Gasteiger partial charge in [0.25, 0.3) is 11.7 Å². The van der Waals surface area contributed by atoms with Gasteiger partial charge in [-0.15, -0.1) is 0 Å². The van der Waals surface area contributed by atoms with Gasteiger partial charge in [0.15, 0.2) is 0 Å². The average molecular weight is 414 g/mol. The highest BCUT2D eigenvalue weighted by molar-refractivity contribution is 6.46. The van der Waals surface area contributed by atoms with E-state index in [0.717, 1.165) is 13.1 Å². The Morgan fingerprint density at radius 2 is 1.83 bits per heavy atom. The largest absolute Gasteiger partial charge is 0.507 e. The Labute approximate surface area is 175 Å². The molecule has 0 spiro atoms. The average Bonchev–Trinajstić information content (AvgIpc) is 3.00. The maximum absolute atomic E-state index is 12.9. The van der Waals surface area contributed by atoms with E-state index in [1.807, 2.05) is 13.8 Å². The summed E-state index contributed by atoms with van der Waals surface area (Å²) in [6.07, 6.45) is 1.61. The number of hydrogen-bond acceptors (Lipinski definition) is 5. The smallest absolute Gasteiger partial charge is 0.295 e. The van der Waals surface area contributed by atoms with Crippen LogP contribution in [-0.4, -0.2) is 57.8 Å². The Bertz CT molecular complexity index is 909. The monoisotopic (exact) mass is 413 g/mol. The first kappa shape index (κ1) is 21.0. The lowest BCUT2D eigenvalue weighted by atomic mass is 9.98. The Morgan fingerprint density at radius 1 is 1.14 bits per heavy atom. The zero-order valence-corrected chi connectivity index (χ0v) is 17.3. The highest BCUT2D eigenvalue weighted by Crippen LogP contribution is 2.38. The fourth-order valence-corrected chi connectivity index (χ4v) is 3.63. The first-order chi connectivity index (χ1) is 14.0. The molecule has 3 rings (SSSR count). The quantitative estimate of drug-likeness (QED) is 0.427. The summed E-state index contributed by atoms with van der Waals surface area (Å²) in [4.78, 5) is 33.8. The number of Topliss-reactive ketones (excluding diaryl/α,β-unsaturated/α-hetero) is 1. The highest BCUT2D eigenvalue weighted by atomic mass is 35.5. The Morgan fingerprint density at radius 3 is 2.41 bits per heavy atom. The van der Waals surface area contributed by atoms with Crippen LogP contribution in [0.1, 0.15) is 31.1 Å². The fourth-order valence-electron chi connectivity index (χ4n) is 3.51. The molecular weight excluding hydrogens is 390 g/mol. The number of aliphatic hydroxyl groups is 1. The number of likely N-dealkylation sites (N-methyl/N-ethyl adjacent to an activating group) is 1. The van der Waals surface area contributed by atoms with E-state index in [2.05, 4.69) is 9.88 Å². The van der Waals surface area contributed by atoms with Crippen LogP contribution in [0.3, 0.4) is 0 Å². The van der Waals surface area contributed by atoms with Gasteiger partial charge in [0, 0.05) is 29.9 Å². The van der Waals surface area contributed by atoms with Gasteiger partial charge in [-0.05, 0) is 49.5 Å². The first-order valence-corrected chi connectivity index (χ1v) is 10.0. The number of hydrogen-bond donors (Lipinski definition) is 1. The lowest BCUT2D eigenvalue weighted by Gasteiger charge is -2.27. The minimum absolute atomic E-state index is 0.0515. The van der Waals surface area contributed by atoms with Crippen LogP contribution in [0.25, 0.3) is 5.76 Å². The van der Waals surface area contributed by atoms with Gasteiger partial charge < -0.3 is 14.9 Å². The third-order valence-corrected chi connectivity index (χ3v) is 5.43. The van der Waals surface area contributed by atoms with Crippen molar-refractivity contribution >= 4 is 29.1 Å². The molecular formula is C22H24ClN3O3. The number of halogens is 1. The predicted molar refractivity (Wildman–Crippen MR) is 112 cm³/mol. The third-order valence-electron chi connectivity index (χ3n) is 5.18. The van der Waals surface area contributed by atoms with Crippen LogP contribution in [-0.2, 0) is 9.59 Å². The van der Waals surface area contributed by atoms with E-state index < -0.39 is 17.7 Å². The van der Waals surface area contributed by atoms with Crippen LogP contribution in [0.4, 0.5) is 0 Å². The lowest BCUT2D eigenvalue weighted by Crippen LogP contribution is -2.38. The highest BCUT2D eigenvalue weighted by Gasteiger charge is 2.46. The normalized spacial score (nSPS) is 18.6. The van der Waals surface area contributed by atoms with Crippen molar-refractivity contribution in [2.24, 2.45) is 0 Å². The van der Waals surface area contributed by atoms with Gasteiger partial charge in [-0.25, -0.2) is 0 Å². The summed E-state index contributed by atoms with van der Waals surface area (Å²) in [5.41, 5.74) is 1.02. The molecule has 1 aliphatic heterocycles. The zero-order chi connectivity index (χ0) is 21.0. The van der Waals surface area contributed by atoms with Crippen LogP contribution >= 0.6 is 11.6 Å². The molecule has 1 aromatic heterocycles. The number of aliphatic hydroxyl groups excluding tert-OH is 1. The van der Waals surface area contributed by atoms with Gasteiger partial charge in [0.2, 0.25) is 0 Å². The molecule has 1 atom stereocenters. The standard InChI is InChI=1S/C22H24ClN3O3/c1-3-25(4-2)13-14-26-19(17-7-5-6-12-24-17)18(21(28)22(26)29)20(27)15-8-10-16(23)11-9-15/h5-12,19,27H,3-4,13-14H2,1-2H3/b20-18+. The molecule has 0 radical (unpaired) electrons. The zero-order valence-electron chi connectivity index (χ0n) is 16.5. The maximum Gasteiger partial charge on any atom is 0.295 e. The van der Waals surface area contributed by atoms with Crippen molar-refractivity contribution < 1.29 is 14.7 Å². The SMILES string of the molecule is CCN(CC)CCN1C(=O)C(=O)/C(=C(/O)c2ccc(Cl)cc2)C1c1ccccn1. The maximum atomic E-state index is 12.9. The molecule has 2 aromatic rings. The summed E-state index contributed by atoms with van der Waals surface area (Å²) in [5.74, 6) is -1.54. The molecule has 1 unspecified atom stereocenters. The number of carbonyl (C=O) groups is 2. The number of amides is 1. The second-order valence-electron chi connectivity index (χ2n) is 6.78. The van der Waals surface area contributed by atoms with Crippen molar-refractivity contribution in [3.63, 3.8) is 0 Å². The fraction of sp³-hybridized carbons (Fsp3) is 0.318. The lowest BCUT2D eigenvalue weighted by molar-refractivity contribution is -0.140. The van der Waals surface area contributed by atoms with Crippen LogP contribution in [0.15, 0.2) is 54.2 Å². The van der Waals surface area contributed by atoms with Crippen LogP contribution < -0.4 is 0 Å². The van der Waals surface area contributed by atoms with Crippen LogP contribution in [0.2, 0.25) is 5.02 Å². The van der Waals surface area contributed by atoms with E-state index in [1.54, 1.807) is 48.7 Å². The number of likely N-dealkylation sites (tertiary alicyclic amines) is 1. The molecule has 29 heavy (non-hydrogen) atoms. The molecule has 2 heterocycles. The summed E-state index contributed by atoms with van der Waals surface area (Å²) in [5, 5.41) is 11.4. The van der Waals surface area contributed by atoms with Crippen molar-refractivity contribution in [2.75, 3.05) is 26.2 Å². The molecule has 1 fully saturated rings. The topological polar surface area (TPSA) is 73.7 Å². The van der Waals surface area contributed by atoms with E-state index in [4.69, 9.17) is 11.6 Å². The molecule has 0 aliphatic carbocycles. The second-order valence-corrected chi connectivity index (χ2v) is 7.22. The predicted octanol–water partition coefficient (Wildman–Crippen LogP) is 3.50. The second kappa shape index (κ2) is 9.20. The summed E-state index contributed by atoms with van der Waals surface area (Å²) in [6.45, 7) is 6.79. The molecule has 0 saturated carbocycles. The number of rotatable bonds is 7. The van der Waals surface area contributed by atoms with Crippen molar-refractivity contribution in [1.29, 1.82) is 0 Å². The number of ketones is 1. The Balaban J connectivity index is 2.06. The van der Waals surface area contributed by atoms with Crippen molar-refractivity contribution in [2.45, 2.75) is 19.9 Å². The van der Waals surface area contributed by atoms with E-state index in [-0.39, 0.29) is 11.3 Å². The van der Waals surface area contributed by atoms with E-state index in [0.29, 0.717) is 29.4 Å². The summed E-state index contributed by atoms with van der Waals surface area (Å²) in [6, 6.07) is 11.1. The molecule has 1 aliphatic rings. The molecule has 1 aromatic carbocycles. The molecule has 152 valence electrons. The van der Waals surface area contributed by atoms with Gasteiger partial charge in [-0.1, -0.05) is 31.5 Å². The van der Waals surface area contributed by atoms with Gasteiger partial charge in [-0.3, -0.25) is 14.6 Å². The van der Waals surface area contributed by atoms with Gasteiger partial charge in [0.05, 0.1) is 11.3 Å². The molecule has 7 heteroatoms. The number of aromatic nitrogens is 1. The van der Waals surface area contributed by atoms with Crippen molar-refractivity contribution in [3.8, 4) is 0 Å². The van der Waals surface area contributed by atoms with E-state index in [1.165, 1.54) is 4.90 Å². The summed E-state index contributed by atoms with van der Waals surface area (Å²) >= 11 is 5.93. The summed E-state index contributed by atoms with van der Waals surface area (Å²) < 4.78 is 0. The van der Waals surface area contributed by atoms with Gasteiger partial charge >= 0.3 is 0 Å². The Kier molecular flexibility index (Phi) is 6.67. The summed E-state index contributed by atoms with van der Waals surface area (Å²) in [7, 11) is 0. The van der Waals surface area contributed by atoms with Gasteiger partial charge in [-0.2, -0.15) is 0 Å². The minimum atomic E-state index is -0.734. The van der Waals surface area contributed by atoms with Crippen molar-refractivity contribution in [3.05, 3.63) is 70.5 Å². The number of carbonyl (C=O) groups excluding carboxylic acids is 2. The molecule has 1 N–H and O–H groups in total.